The minimum Gasteiger partial charge on any atom is -0.477 e. The summed E-state index contributed by atoms with van der Waals surface area (Å²) >= 11 is 0.692. The van der Waals surface area contributed by atoms with E-state index in [2.05, 4.69) is 4.98 Å². The van der Waals surface area contributed by atoms with Gasteiger partial charge in [-0.05, 0) is 0 Å². The third-order valence-electron chi connectivity index (χ3n) is 1.90. The van der Waals surface area contributed by atoms with Crippen molar-refractivity contribution in [1.29, 1.82) is 0 Å². The van der Waals surface area contributed by atoms with E-state index in [4.69, 9.17) is 9.84 Å². The molecule has 0 atom stereocenters. The Kier molecular flexibility index (Phi) is 4.52. The molecule has 1 N–H and O–H groups in total. The van der Waals surface area contributed by atoms with Crippen LogP contribution < -0.4 is 4.90 Å². The number of methoxy groups -OCH3 is 1. The molecule has 0 aliphatic carbocycles. The number of halogens is 3. The molecular formula is C9H11F3N2O3S. The first-order chi connectivity index (χ1) is 8.24. The lowest BCUT2D eigenvalue weighted by Crippen LogP contribution is -2.30. The Morgan fingerprint density at radius 1 is 1.56 bits per heavy atom. The fourth-order valence-electron chi connectivity index (χ4n) is 1.24. The summed E-state index contributed by atoms with van der Waals surface area (Å²) in [6.07, 6.45) is -4.37. The van der Waals surface area contributed by atoms with Crippen LogP contribution in [-0.4, -0.2) is 42.9 Å². The number of nitrogens with zero attached hydrogens (tertiary/aromatic N) is 2. The number of ether oxygens (including phenoxy) is 1. The smallest absolute Gasteiger partial charge is 0.405 e. The lowest BCUT2D eigenvalue weighted by atomic mass is 10.4. The molecule has 5 nitrogen and oxygen atoms in total. The summed E-state index contributed by atoms with van der Waals surface area (Å²) in [4.78, 5) is 15.5. The van der Waals surface area contributed by atoms with Crippen LogP contribution in [0.2, 0.25) is 0 Å². The molecule has 0 saturated heterocycles. The normalized spacial score (nSPS) is 11.6. The molecule has 102 valence electrons. The Bertz CT molecular complexity index is 433. The number of aromatic nitrogens is 1. The van der Waals surface area contributed by atoms with Gasteiger partial charge in [-0.25, -0.2) is 9.78 Å². The molecule has 0 aliphatic heterocycles. The van der Waals surface area contributed by atoms with E-state index in [-0.39, 0.29) is 22.3 Å². The van der Waals surface area contributed by atoms with Crippen molar-refractivity contribution in [2.24, 2.45) is 0 Å². The van der Waals surface area contributed by atoms with E-state index in [1.165, 1.54) is 14.2 Å². The first kappa shape index (κ1) is 14.7. The van der Waals surface area contributed by atoms with E-state index in [1.54, 1.807) is 0 Å². The molecule has 0 aromatic carbocycles. The van der Waals surface area contributed by atoms with Crippen molar-refractivity contribution in [3.63, 3.8) is 0 Å². The Labute approximate surface area is 105 Å². The van der Waals surface area contributed by atoms with E-state index in [0.717, 1.165) is 4.90 Å². The van der Waals surface area contributed by atoms with Crippen LogP contribution in [-0.2, 0) is 11.3 Å². The maximum atomic E-state index is 12.2. The molecule has 1 rings (SSSR count). The van der Waals surface area contributed by atoms with Crippen LogP contribution in [0.4, 0.5) is 18.3 Å². The first-order valence-electron chi connectivity index (χ1n) is 4.74. The lowest BCUT2D eigenvalue weighted by Gasteiger charge is -2.17. The summed E-state index contributed by atoms with van der Waals surface area (Å²) in [6.45, 7) is -1.25. The SMILES string of the molecule is COCc1nc(N(C)CC(F)(F)F)sc1C(=O)O. The Hall–Kier alpha value is -1.35. The summed E-state index contributed by atoms with van der Waals surface area (Å²) in [7, 11) is 2.55. The molecule has 0 unspecified atom stereocenters. The van der Waals surface area contributed by atoms with Gasteiger partial charge in [-0.15, -0.1) is 0 Å². The van der Waals surface area contributed by atoms with Crippen molar-refractivity contribution in [3.05, 3.63) is 10.6 Å². The fourth-order valence-corrected chi connectivity index (χ4v) is 2.11. The number of thiazole rings is 1. The molecular weight excluding hydrogens is 273 g/mol. The molecule has 1 aromatic heterocycles. The number of carboxylic acid groups (broad SMARTS) is 1. The number of carboxylic acids is 1. The van der Waals surface area contributed by atoms with Crippen molar-refractivity contribution < 1.29 is 27.8 Å². The molecule has 1 aromatic rings. The molecule has 18 heavy (non-hydrogen) atoms. The predicted octanol–water partition coefficient (Wildman–Crippen LogP) is 1.99. The fraction of sp³-hybridized carbons (Fsp3) is 0.556. The number of rotatable bonds is 5. The third kappa shape index (κ3) is 3.84. The minimum atomic E-state index is -4.37. The van der Waals surface area contributed by atoms with Crippen LogP contribution >= 0.6 is 11.3 Å². The molecule has 0 fully saturated rings. The quantitative estimate of drug-likeness (QED) is 0.896. The van der Waals surface area contributed by atoms with Crippen molar-refractivity contribution in [2.75, 3.05) is 25.6 Å². The second-order valence-corrected chi connectivity index (χ2v) is 4.46. The molecule has 0 aliphatic rings. The average molecular weight is 284 g/mol. The Balaban J connectivity index is 2.96. The highest BCUT2D eigenvalue weighted by Crippen LogP contribution is 2.28. The molecule has 0 amide bonds. The Morgan fingerprint density at radius 2 is 2.17 bits per heavy atom. The number of alkyl halides is 3. The van der Waals surface area contributed by atoms with Crippen LogP contribution in [0, 0.1) is 0 Å². The van der Waals surface area contributed by atoms with Gasteiger partial charge in [-0.3, -0.25) is 0 Å². The van der Waals surface area contributed by atoms with Gasteiger partial charge in [0.25, 0.3) is 0 Å². The van der Waals surface area contributed by atoms with Gasteiger partial charge in [0.05, 0.1) is 12.3 Å². The van der Waals surface area contributed by atoms with Gasteiger partial charge in [0.15, 0.2) is 5.13 Å². The van der Waals surface area contributed by atoms with Gasteiger partial charge in [0, 0.05) is 14.2 Å². The molecule has 0 radical (unpaired) electrons. The Morgan fingerprint density at radius 3 is 2.61 bits per heavy atom. The highest BCUT2D eigenvalue weighted by molar-refractivity contribution is 7.17. The van der Waals surface area contributed by atoms with Gasteiger partial charge in [0.1, 0.15) is 11.4 Å². The number of hydrogen-bond acceptors (Lipinski definition) is 5. The zero-order valence-electron chi connectivity index (χ0n) is 9.61. The summed E-state index contributed by atoms with van der Waals surface area (Å²) < 4.78 is 41.4. The van der Waals surface area contributed by atoms with Crippen molar-refractivity contribution in [2.45, 2.75) is 12.8 Å². The van der Waals surface area contributed by atoms with Gasteiger partial charge in [-0.1, -0.05) is 11.3 Å². The highest BCUT2D eigenvalue weighted by atomic mass is 32.1. The number of hydrogen-bond donors (Lipinski definition) is 1. The summed E-state index contributed by atoms with van der Waals surface area (Å²) in [5.74, 6) is -1.23. The van der Waals surface area contributed by atoms with Gasteiger partial charge in [-0.2, -0.15) is 13.2 Å². The van der Waals surface area contributed by atoms with Gasteiger partial charge < -0.3 is 14.7 Å². The van der Waals surface area contributed by atoms with E-state index >= 15 is 0 Å². The lowest BCUT2D eigenvalue weighted by molar-refractivity contribution is -0.119. The number of aromatic carboxylic acids is 1. The summed E-state index contributed by atoms with van der Waals surface area (Å²) in [5, 5.41) is 8.89. The van der Waals surface area contributed by atoms with E-state index < -0.39 is 18.7 Å². The first-order valence-corrected chi connectivity index (χ1v) is 5.56. The number of carbonyl (C=O) groups is 1. The summed E-state index contributed by atoms with van der Waals surface area (Å²) in [5.41, 5.74) is 0.124. The van der Waals surface area contributed by atoms with Crippen LogP contribution in [0.15, 0.2) is 0 Å². The molecule has 0 saturated carbocycles. The minimum absolute atomic E-state index is 0.00299. The zero-order chi connectivity index (χ0) is 13.9. The topological polar surface area (TPSA) is 62.7 Å². The van der Waals surface area contributed by atoms with Crippen LogP contribution in [0.1, 0.15) is 15.4 Å². The maximum Gasteiger partial charge on any atom is 0.405 e. The predicted molar refractivity (Wildman–Crippen MR) is 59.1 cm³/mol. The highest BCUT2D eigenvalue weighted by Gasteiger charge is 2.31. The van der Waals surface area contributed by atoms with Crippen molar-refractivity contribution in [1.82, 2.24) is 4.98 Å². The van der Waals surface area contributed by atoms with Gasteiger partial charge >= 0.3 is 12.1 Å². The zero-order valence-corrected chi connectivity index (χ0v) is 10.4. The average Bonchev–Trinajstić information content (AvgIpc) is 2.59. The monoisotopic (exact) mass is 284 g/mol. The van der Waals surface area contributed by atoms with E-state index in [0.29, 0.717) is 11.3 Å². The van der Waals surface area contributed by atoms with Crippen molar-refractivity contribution >= 4 is 22.4 Å². The summed E-state index contributed by atoms with van der Waals surface area (Å²) in [6, 6.07) is 0. The molecule has 0 bridgehead atoms. The standard InChI is InChI=1S/C9H11F3N2O3S/c1-14(4-9(10,11)12)8-13-5(3-17-2)6(18-8)7(15)16/h3-4H2,1-2H3,(H,15,16). The maximum absolute atomic E-state index is 12.2. The largest absolute Gasteiger partial charge is 0.477 e. The van der Waals surface area contributed by atoms with Gasteiger partial charge in [0.2, 0.25) is 0 Å². The third-order valence-corrected chi connectivity index (χ3v) is 3.10. The van der Waals surface area contributed by atoms with E-state index in [9.17, 15) is 18.0 Å². The van der Waals surface area contributed by atoms with Crippen LogP contribution in [0.25, 0.3) is 0 Å². The molecule has 9 heteroatoms. The van der Waals surface area contributed by atoms with Crippen molar-refractivity contribution in [3.8, 4) is 0 Å². The van der Waals surface area contributed by atoms with Crippen LogP contribution in [0.5, 0.6) is 0 Å². The molecule has 0 spiro atoms. The molecule has 1 heterocycles. The number of anilines is 1. The second kappa shape index (κ2) is 5.53. The second-order valence-electron chi connectivity index (χ2n) is 3.48. The van der Waals surface area contributed by atoms with E-state index in [1.807, 2.05) is 0 Å². The van der Waals surface area contributed by atoms with Crippen LogP contribution in [0.3, 0.4) is 0 Å².